The van der Waals surface area contributed by atoms with Crippen molar-refractivity contribution in [2.45, 2.75) is 12.8 Å². The molecule has 0 aliphatic rings. The molecule has 0 rings (SSSR count). The summed E-state index contributed by atoms with van der Waals surface area (Å²) in [6.07, 6.45) is 0.605. The maximum Gasteiger partial charge on any atom is 0.404 e. The van der Waals surface area contributed by atoms with Crippen LogP contribution in [0.1, 0.15) is 12.8 Å². The molecule has 2 N–H and O–H groups in total. The average molecular weight is 158 g/mol. The third kappa shape index (κ3) is 8.58. The van der Waals surface area contributed by atoms with Gasteiger partial charge in [0.15, 0.2) is 0 Å². The topological polar surface area (TPSA) is 101 Å². The van der Waals surface area contributed by atoms with Crippen LogP contribution < -0.4 is 5.73 Å². The summed E-state index contributed by atoms with van der Waals surface area (Å²) < 4.78 is 4.43. The van der Waals surface area contributed by atoms with Gasteiger partial charge in [-0.1, -0.05) is 5.11 Å². The van der Waals surface area contributed by atoms with E-state index in [-0.39, 0.29) is 6.61 Å². The van der Waals surface area contributed by atoms with Gasteiger partial charge in [-0.3, -0.25) is 0 Å². The molecule has 0 unspecified atom stereocenters. The first-order valence-corrected chi connectivity index (χ1v) is 3.20. The molecule has 0 atom stereocenters. The quantitative estimate of drug-likeness (QED) is 0.281. The van der Waals surface area contributed by atoms with Crippen LogP contribution in [0, 0.1) is 0 Å². The molecule has 0 aliphatic heterocycles. The van der Waals surface area contributed by atoms with Crippen LogP contribution >= 0.6 is 0 Å². The normalized spacial score (nSPS) is 8.36. The number of carbonyl (C=O) groups is 1. The summed E-state index contributed by atoms with van der Waals surface area (Å²) in [5.74, 6) is 0. The molecule has 62 valence electrons. The van der Waals surface area contributed by atoms with E-state index in [4.69, 9.17) is 11.3 Å². The number of nitrogens with two attached hydrogens (primary N) is 1. The number of hydrogen-bond donors (Lipinski definition) is 1. The van der Waals surface area contributed by atoms with E-state index in [1.807, 2.05) is 0 Å². The van der Waals surface area contributed by atoms with Crippen molar-refractivity contribution in [1.82, 2.24) is 0 Å². The van der Waals surface area contributed by atoms with Gasteiger partial charge in [0, 0.05) is 11.5 Å². The first kappa shape index (κ1) is 9.58. The maximum atomic E-state index is 10.0. The van der Waals surface area contributed by atoms with E-state index in [1.54, 1.807) is 0 Å². The fraction of sp³-hybridized carbons (Fsp3) is 0.800. The van der Waals surface area contributed by atoms with E-state index in [0.29, 0.717) is 19.4 Å². The summed E-state index contributed by atoms with van der Waals surface area (Å²) in [4.78, 5) is 12.6. The third-order valence-electron chi connectivity index (χ3n) is 0.960. The van der Waals surface area contributed by atoms with E-state index >= 15 is 0 Å². The van der Waals surface area contributed by atoms with Crippen LogP contribution in [0.5, 0.6) is 0 Å². The van der Waals surface area contributed by atoms with Gasteiger partial charge in [0.2, 0.25) is 0 Å². The van der Waals surface area contributed by atoms with Crippen LogP contribution in [0.4, 0.5) is 4.79 Å². The van der Waals surface area contributed by atoms with E-state index in [2.05, 4.69) is 14.8 Å². The van der Waals surface area contributed by atoms with Crippen LogP contribution in [-0.2, 0) is 4.74 Å². The summed E-state index contributed by atoms with van der Waals surface area (Å²) in [7, 11) is 0. The highest BCUT2D eigenvalue weighted by Crippen LogP contribution is 1.90. The first-order valence-electron chi connectivity index (χ1n) is 3.20. The molecule has 0 aliphatic carbocycles. The lowest BCUT2D eigenvalue weighted by atomic mass is 10.3. The van der Waals surface area contributed by atoms with Crippen LogP contribution in [0.25, 0.3) is 10.4 Å². The molecule has 0 heterocycles. The monoisotopic (exact) mass is 158 g/mol. The van der Waals surface area contributed by atoms with E-state index in [0.717, 1.165) is 0 Å². The van der Waals surface area contributed by atoms with Gasteiger partial charge in [-0.05, 0) is 18.4 Å². The molecular weight excluding hydrogens is 148 g/mol. The maximum absolute atomic E-state index is 10.0. The second-order valence-electron chi connectivity index (χ2n) is 1.83. The summed E-state index contributed by atoms with van der Waals surface area (Å²) >= 11 is 0. The van der Waals surface area contributed by atoms with Gasteiger partial charge in [-0.2, -0.15) is 0 Å². The molecule has 0 aromatic carbocycles. The zero-order valence-electron chi connectivity index (χ0n) is 6.06. The number of amides is 1. The summed E-state index contributed by atoms with van der Waals surface area (Å²) in [6.45, 7) is 0.717. The zero-order valence-corrected chi connectivity index (χ0v) is 6.06. The molecule has 0 spiro atoms. The lowest BCUT2D eigenvalue weighted by Gasteiger charge is -1.97. The molecule has 0 aromatic heterocycles. The van der Waals surface area contributed by atoms with Crippen molar-refractivity contribution < 1.29 is 9.53 Å². The van der Waals surface area contributed by atoms with E-state index in [9.17, 15) is 4.79 Å². The highest BCUT2D eigenvalue weighted by atomic mass is 16.5. The predicted octanol–water partition coefficient (Wildman–Crippen LogP) is 1.17. The molecule has 0 saturated heterocycles. The molecule has 0 saturated carbocycles. The minimum atomic E-state index is -0.770. The highest BCUT2D eigenvalue weighted by molar-refractivity contribution is 5.64. The number of ether oxygens (including phenoxy) is 1. The average Bonchev–Trinajstić information content (AvgIpc) is 1.96. The molecule has 1 amide bonds. The highest BCUT2D eigenvalue weighted by Gasteiger charge is 1.91. The van der Waals surface area contributed by atoms with Crippen molar-refractivity contribution in [3.8, 4) is 0 Å². The number of carbonyl (C=O) groups excluding carboxylic acids is 1. The van der Waals surface area contributed by atoms with Crippen molar-refractivity contribution >= 4 is 6.09 Å². The Bertz CT molecular complexity index is 160. The summed E-state index contributed by atoms with van der Waals surface area (Å²) in [5, 5.41) is 3.30. The molecule has 6 heteroatoms. The van der Waals surface area contributed by atoms with Crippen molar-refractivity contribution in [2.24, 2.45) is 10.8 Å². The zero-order chi connectivity index (χ0) is 8.53. The minimum absolute atomic E-state index is 0.288. The number of rotatable bonds is 5. The first-order chi connectivity index (χ1) is 5.27. The Kier molecular flexibility index (Phi) is 5.83. The molecule has 0 aromatic rings. The molecular formula is C5H10N4O2. The molecule has 11 heavy (non-hydrogen) atoms. The second-order valence-corrected chi connectivity index (χ2v) is 1.83. The smallest absolute Gasteiger partial charge is 0.404 e. The number of unbranched alkanes of at least 4 members (excludes halogenated alkanes) is 1. The Morgan fingerprint density at radius 3 is 2.91 bits per heavy atom. The van der Waals surface area contributed by atoms with Crippen molar-refractivity contribution in [2.75, 3.05) is 13.2 Å². The van der Waals surface area contributed by atoms with E-state index in [1.165, 1.54) is 0 Å². The summed E-state index contributed by atoms with van der Waals surface area (Å²) in [5.41, 5.74) is 12.6. The van der Waals surface area contributed by atoms with Crippen LogP contribution in [-0.4, -0.2) is 19.2 Å². The Balaban J connectivity index is 3.02. The molecule has 6 nitrogen and oxygen atoms in total. The number of azide groups is 1. The Morgan fingerprint density at radius 1 is 1.64 bits per heavy atom. The molecule has 0 fully saturated rings. The van der Waals surface area contributed by atoms with Gasteiger partial charge in [0.1, 0.15) is 0 Å². The Labute approximate surface area is 63.9 Å². The number of primary amides is 1. The van der Waals surface area contributed by atoms with Gasteiger partial charge in [0.25, 0.3) is 0 Å². The SMILES string of the molecule is [N-]=[N+]=NCCCCOC(N)=O. The van der Waals surface area contributed by atoms with Crippen molar-refractivity contribution in [3.05, 3.63) is 10.4 Å². The largest absolute Gasteiger partial charge is 0.450 e. The number of nitrogens with zero attached hydrogens (tertiary/aromatic N) is 3. The minimum Gasteiger partial charge on any atom is -0.450 e. The van der Waals surface area contributed by atoms with E-state index < -0.39 is 6.09 Å². The van der Waals surface area contributed by atoms with Gasteiger partial charge in [-0.15, -0.1) is 0 Å². The lowest BCUT2D eigenvalue weighted by molar-refractivity contribution is 0.155. The molecule has 0 radical (unpaired) electrons. The van der Waals surface area contributed by atoms with Gasteiger partial charge in [-0.25, -0.2) is 4.79 Å². The van der Waals surface area contributed by atoms with Crippen LogP contribution in [0.2, 0.25) is 0 Å². The van der Waals surface area contributed by atoms with Gasteiger partial charge in [0.05, 0.1) is 6.61 Å². The van der Waals surface area contributed by atoms with Crippen molar-refractivity contribution in [3.63, 3.8) is 0 Å². The Morgan fingerprint density at radius 2 is 2.36 bits per heavy atom. The lowest BCUT2D eigenvalue weighted by Crippen LogP contribution is -2.13. The summed E-state index contributed by atoms with van der Waals surface area (Å²) in [6, 6.07) is 0. The third-order valence-corrected chi connectivity index (χ3v) is 0.960. The fourth-order valence-corrected chi connectivity index (χ4v) is 0.502. The predicted molar refractivity (Wildman–Crippen MR) is 38.8 cm³/mol. The fourth-order valence-electron chi connectivity index (χ4n) is 0.502. The van der Waals surface area contributed by atoms with Crippen LogP contribution in [0.15, 0.2) is 5.11 Å². The Hall–Kier alpha value is -1.42. The molecule has 0 bridgehead atoms. The standard InChI is InChI=1S/C5H10N4O2/c6-5(10)11-4-2-1-3-8-9-7/h1-4H2,(H2,6,10). The second kappa shape index (κ2) is 6.70. The van der Waals surface area contributed by atoms with Crippen LogP contribution in [0.3, 0.4) is 0 Å². The van der Waals surface area contributed by atoms with Crippen molar-refractivity contribution in [1.29, 1.82) is 0 Å². The van der Waals surface area contributed by atoms with Gasteiger partial charge >= 0.3 is 6.09 Å². The number of hydrogen-bond acceptors (Lipinski definition) is 3. The van der Waals surface area contributed by atoms with Gasteiger partial charge < -0.3 is 10.5 Å².